The van der Waals surface area contributed by atoms with Crippen LogP contribution in [0.2, 0.25) is 0 Å². The molecule has 1 aliphatic heterocycles. The van der Waals surface area contributed by atoms with Crippen LogP contribution in [-0.4, -0.2) is 52.4 Å². The third-order valence-corrected chi connectivity index (χ3v) is 4.69. The highest BCUT2D eigenvalue weighted by Gasteiger charge is 2.26. The number of aryl methyl sites for hydroxylation is 1. The van der Waals surface area contributed by atoms with Crippen LogP contribution in [0.15, 0.2) is 17.6 Å². The van der Waals surface area contributed by atoms with Crippen molar-refractivity contribution >= 4 is 28.2 Å². The van der Waals surface area contributed by atoms with Crippen LogP contribution in [0.25, 0.3) is 0 Å². The van der Waals surface area contributed by atoms with Crippen LogP contribution in [0.5, 0.6) is 0 Å². The Hall–Kier alpha value is -2.06. The van der Waals surface area contributed by atoms with Crippen molar-refractivity contribution in [3.05, 3.63) is 29.2 Å². The Balaban J connectivity index is 1.75. The van der Waals surface area contributed by atoms with Crippen LogP contribution in [-0.2, 0) is 4.79 Å². The van der Waals surface area contributed by atoms with E-state index >= 15 is 0 Å². The van der Waals surface area contributed by atoms with Crippen LogP contribution < -0.4 is 10.6 Å². The summed E-state index contributed by atoms with van der Waals surface area (Å²) < 4.78 is 0. The summed E-state index contributed by atoms with van der Waals surface area (Å²) >= 11 is 1.53. The summed E-state index contributed by atoms with van der Waals surface area (Å²) in [5.74, 6) is 1.87. The molecule has 0 radical (unpaired) electrons. The fourth-order valence-corrected chi connectivity index (χ4v) is 3.45. The standard InChI is InChI=1S/C16H22N6OS/c1-11-8-13(21-16-18-5-7-24-16)20-15(19-11)12-4-3-6-22(10-12)14(23)9-17-2/h5,7-8,12,17H,3-4,6,9-10H2,1-2H3,(H,18,19,20,21). The molecule has 1 atom stereocenters. The zero-order valence-corrected chi connectivity index (χ0v) is 14.8. The third kappa shape index (κ3) is 4.07. The summed E-state index contributed by atoms with van der Waals surface area (Å²) in [6, 6.07) is 1.91. The minimum absolute atomic E-state index is 0.135. The molecular formula is C16H22N6OS. The van der Waals surface area contributed by atoms with E-state index < -0.39 is 0 Å². The van der Waals surface area contributed by atoms with Gasteiger partial charge in [0.2, 0.25) is 5.91 Å². The second-order valence-electron chi connectivity index (χ2n) is 5.92. The van der Waals surface area contributed by atoms with E-state index in [0.717, 1.165) is 41.9 Å². The van der Waals surface area contributed by atoms with Gasteiger partial charge in [0, 0.05) is 42.3 Å². The molecule has 3 heterocycles. The number of hydrogen-bond donors (Lipinski definition) is 2. The van der Waals surface area contributed by atoms with Gasteiger partial charge in [-0.15, -0.1) is 11.3 Å². The van der Waals surface area contributed by atoms with Crippen molar-refractivity contribution in [3.63, 3.8) is 0 Å². The molecule has 0 aromatic carbocycles. The van der Waals surface area contributed by atoms with Gasteiger partial charge >= 0.3 is 0 Å². The average molecular weight is 346 g/mol. The van der Waals surface area contributed by atoms with Crippen molar-refractivity contribution < 1.29 is 4.79 Å². The smallest absolute Gasteiger partial charge is 0.236 e. The van der Waals surface area contributed by atoms with Gasteiger partial charge in [0.25, 0.3) is 0 Å². The van der Waals surface area contributed by atoms with Crippen molar-refractivity contribution in [2.24, 2.45) is 0 Å². The Morgan fingerprint density at radius 1 is 1.46 bits per heavy atom. The molecule has 1 aliphatic rings. The maximum absolute atomic E-state index is 12.1. The number of aromatic nitrogens is 3. The van der Waals surface area contributed by atoms with Gasteiger partial charge in [0.05, 0.1) is 6.54 Å². The first-order chi connectivity index (χ1) is 11.7. The molecule has 128 valence electrons. The molecule has 8 heteroatoms. The zero-order valence-electron chi connectivity index (χ0n) is 14.0. The molecule has 1 amide bonds. The van der Waals surface area contributed by atoms with Crippen molar-refractivity contribution in [2.45, 2.75) is 25.7 Å². The molecule has 24 heavy (non-hydrogen) atoms. The normalized spacial score (nSPS) is 17.8. The van der Waals surface area contributed by atoms with Gasteiger partial charge in [-0.25, -0.2) is 15.0 Å². The molecule has 2 aromatic heterocycles. The van der Waals surface area contributed by atoms with Gasteiger partial charge in [-0.2, -0.15) is 0 Å². The van der Waals surface area contributed by atoms with Crippen LogP contribution in [0.3, 0.4) is 0 Å². The second-order valence-corrected chi connectivity index (χ2v) is 6.82. The Morgan fingerprint density at radius 3 is 3.08 bits per heavy atom. The molecule has 0 aliphatic carbocycles. The number of hydrogen-bond acceptors (Lipinski definition) is 7. The highest BCUT2D eigenvalue weighted by atomic mass is 32.1. The first kappa shape index (κ1) is 16.8. The van der Waals surface area contributed by atoms with Crippen LogP contribution in [0.4, 0.5) is 10.9 Å². The summed E-state index contributed by atoms with van der Waals surface area (Å²) in [5, 5.41) is 8.88. The van der Waals surface area contributed by atoms with E-state index in [-0.39, 0.29) is 11.8 Å². The summed E-state index contributed by atoms with van der Waals surface area (Å²) in [7, 11) is 1.79. The van der Waals surface area contributed by atoms with Crippen LogP contribution in [0, 0.1) is 6.92 Å². The summed E-state index contributed by atoms with van der Waals surface area (Å²) in [6.07, 6.45) is 3.74. The predicted octanol–water partition coefficient (Wildman–Crippen LogP) is 1.91. The lowest BCUT2D eigenvalue weighted by Gasteiger charge is -2.32. The quantitative estimate of drug-likeness (QED) is 0.860. The highest BCUT2D eigenvalue weighted by Crippen LogP contribution is 2.26. The van der Waals surface area contributed by atoms with Crippen molar-refractivity contribution in [2.75, 3.05) is 32.0 Å². The minimum Gasteiger partial charge on any atom is -0.341 e. The van der Waals surface area contributed by atoms with Gasteiger partial charge in [-0.05, 0) is 26.8 Å². The molecule has 1 fully saturated rings. The molecule has 2 aromatic rings. The number of likely N-dealkylation sites (N-methyl/N-ethyl adjacent to an activating group) is 1. The van der Waals surface area contributed by atoms with Crippen molar-refractivity contribution in [1.82, 2.24) is 25.2 Å². The summed E-state index contributed by atoms with van der Waals surface area (Å²) in [5.41, 5.74) is 0.915. The van der Waals surface area contributed by atoms with Crippen LogP contribution in [0.1, 0.15) is 30.3 Å². The van der Waals surface area contributed by atoms with E-state index in [4.69, 9.17) is 0 Å². The monoisotopic (exact) mass is 346 g/mol. The number of rotatable bonds is 5. The molecular weight excluding hydrogens is 324 g/mol. The van der Waals surface area contributed by atoms with E-state index in [2.05, 4.69) is 25.6 Å². The Morgan fingerprint density at radius 2 is 2.33 bits per heavy atom. The van der Waals surface area contributed by atoms with Gasteiger partial charge in [-0.3, -0.25) is 4.79 Å². The lowest BCUT2D eigenvalue weighted by atomic mass is 9.97. The maximum atomic E-state index is 12.1. The molecule has 1 unspecified atom stereocenters. The average Bonchev–Trinajstić information content (AvgIpc) is 3.07. The lowest BCUT2D eigenvalue weighted by molar-refractivity contribution is -0.131. The Kier molecular flexibility index (Phi) is 5.37. The number of carbonyl (C=O) groups is 1. The molecule has 3 rings (SSSR count). The fraction of sp³-hybridized carbons (Fsp3) is 0.500. The minimum atomic E-state index is 0.135. The number of likely N-dealkylation sites (tertiary alicyclic amines) is 1. The molecule has 2 N–H and O–H groups in total. The van der Waals surface area contributed by atoms with Gasteiger partial charge in [0.1, 0.15) is 11.6 Å². The van der Waals surface area contributed by atoms with E-state index in [1.54, 1.807) is 13.2 Å². The zero-order chi connectivity index (χ0) is 16.9. The number of amides is 1. The molecule has 0 saturated carbocycles. The summed E-state index contributed by atoms with van der Waals surface area (Å²) in [4.78, 5) is 27.5. The van der Waals surface area contributed by atoms with Crippen molar-refractivity contribution in [3.8, 4) is 0 Å². The van der Waals surface area contributed by atoms with E-state index in [1.807, 2.05) is 23.3 Å². The second kappa shape index (κ2) is 7.67. The first-order valence-electron chi connectivity index (χ1n) is 8.10. The fourth-order valence-electron chi connectivity index (χ4n) is 2.91. The molecule has 7 nitrogen and oxygen atoms in total. The number of nitrogens with zero attached hydrogens (tertiary/aromatic N) is 4. The largest absolute Gasteiger partial charge is 0.341 e. The van der Waals surface area contributed by atoms with Gasteiger partial charge in [-0.1, -0.05) is 0 Å². The van der Waals surface area contributed by atoms with Gasteiger partial charge in [0.15, 0.2) is 5.13 Å². The predicted molar refractivity (Wildman–Crippen MR) is 94.6 cm³/mol. The first-order valence-corrected chi connectivity index (χ1v) is 8.98. The lowest BCUT2D eigenvalue weighted by Crippen LogP contribution is -2.43. The maximum Gasteiger partial charge on any atom is 0.236 e. The van der Waals surface area contributed by atoms with E-state index in [9.17, 15) is 4.79 Å². The highest BCUT2D eigenvalue weighted by molar-refractivity contribution is 7.13. The molecule has 0 bridgehead atoms. The molecule has 0 spiro atoms. The SMILES string of the molecule is CNCC(=O)N1CCCC(c2nc(C)cc(Nc3nccs3)n2)C1. The molecule has 1 saturated heterocycles. The van der Waals surface area contributed by atoms with Crippen LogP contribution >= 0.6 is 11.3 Å². The van der Waals surface area contributed by atoms with E-state index in [0.29, 0.717) is 13.1 Å². The summed E-state index contributed by atoms with van der Waals surface area (Å²) in [6.45, 7) is 3.83. The Bertz CT molecular complexity index is 690. The van der Waals surface area contributed by atoms with Crippen molar-refractivity contribution in [1.29, 1.82) is 0 Å². The number of anilines is 2. The third-order valence-electron chi connectivity index (χ3n) is 4.01. The Labute approximate surface area is 145 Å². The number of thiazole rings is 1. The number of piperidine rings is 1. The van der Waals surface area contributed by atoms with Gasteiger partial charge < -0.3 is 15.5 Å². The number of nitrogens with one attached hydrogen (secondary N) is 2. The number of carbonyl (C=O) groups excluding carboxylic acids is 1. The van der Waals surface area contributed by atoms with E-state index in [1.165, 1.54) is 11.3 Å². The topological polar surface area (TPSA) is 83.0 Å².